The fraction of sp³-hybridized carbons (Fsp3) is 0.200. The van der Waals surface area contributed by atoms with E-state index in [1.54, 1.807) is 18.2 Å². The molecule has 1 heterocycles. The number of hydrogen-bond donors (Lipinski definition) is 2. The van der Waals surface area contributed by atoms with Crippen molar-refractivity contribution in [2.24, 2.45) is 0 Å². The quantitative estimate of drug-likeness (QED) is 0.889. The van der Waals surface area contributed by atoms with Crippen molar-refractivity contribution in [1.82, 2.24) is 0 Å². The molecular formula is C15H14N2O3. The molecule has 5 nitrogen and oxygen atoms in total. The Morgan fingerprint density at radius 2 is 2.15 bits per heavy atom. The van der Waals surface area contributed by atoms with Crippen molar-refractivity contribution in [1.29, 1.82) is 5.26 Å². The van der Waals surface area contributed by atoms with Crippen LogP contribution >= 0.6 is 0 Å². The second kappa shape index (κ2) is 5.49. The molecule has 0 aliphatic heterocycles. The number of aryl methyl sites for hydroxylation is 1. The highest BCUT2D eigenvalue weighted by molar-refractivity contribution is 5.84. The molecule has 0 bridgehead atoms. The van der Waals surface area contributed by atoms with Gasteiger partial charge in [0.1, 0.15) is 5.76 Å². The van der Waals surface area contributed by atoms with E-state index in [9.17, 15) is 4.79 Å². The van der Waals surface area contributed by atoms with Crippen molar-refractivity contribution in [3.8, 4) is 6.07 Å². The van der Waals surface area contributed by atoms with Gasteiger partial charge in [-0.05, 0) is 43.7 Å². The molecule has 20 heavy (non-hydrogen) atoms. The Kier molecular flexibility index (Phi) is 3.76. The van der Waals surface area contributed by atoms with Gasteiger partial charge < -0.3 is 14.8 Å². The third-order valence-electron chi connectivity index (χ3n) is 3.00. The van der Waals surface area contributed by atoms with Crippen LogP contribution in [0.2, 0.25) is 0 Å². The lowest BCUT2D eigenvalue weighted by atomic mass is 10.1. The Balaban J connectivity index is 2.20. The number of benzene rings is 1. The highest BCUT2D eigenvalue weighted by Gasteiger charge is 2.14. The number of nitrogens with one attached hydrogen (secondary N) is 1. The Hall–Kier alpha value is -2.74. The molecular weight excluding hydrogens is 256 g/mol. The molecule has 0 spiro atoms. The highest BCUT2D eigenvalue weighted by atomic mass is 16.4. The number of aromatic carboxylic acids is 1. The molecule has 1 atom stereocenters. The van der Waals surface area contributed by atoms with Crippen LogP contribution in [0.5, 0.6) is 0 Å². The average Bonchev–Trinajstić information content (AvgIpc) is 2.91. The predicted octanol–water partition coefficient (Wildman–Crippen LogP) is 3.33. The minimum absolute atomic E-state index is 0.0869. The Morgan fingerprint density at radius 3 is 2.75 bits per heavy atom. The largest absolute Gasteiger partial charge is 0.475 e. The zero-order valence-corrected chi connectivity index (χ0v) is 11.2. The van der Waals surface area contributed by atoms with Crippen molar-refractivity contribution < 1.29 is 14.3 Å². The van der Waals surface area contributed by atoms with Crippen molar-refractivity contribution in [2.45, 2.75) is 19.9 Å². The van der Waals surface area contributed by atoms with Crippen LogP contribution in [0, 0.1) is 18.3 Å². The summed E-state index contributed by atoms with van der Waals surface area (Å²) in [7, 11) is 0. The van der Waals surface area contributed by atoms with Gasteiger partial charge in [-0.3, -0.25) is 0 Å². The van der Waals surface area contributed by atoms with E-state index in [0.29, 0.717) is 11.3 Å². The van der Waals surface area contributed by atoms with E-state index in [1.807, 2.05) is 19.9 Å². The van der Waals surface area contributed by atoms with Crippen molar-refractivity contribution >= 4 is 11.7 Å². The SMILES string of the molecule is Cc1ccc(C#N)cc1NC(C)c1ccc(C(=O)O)o1. The van der Waals surface area contributed by atoms with Gasteiger partial charge in [-0.15, -0.1) is 0 Å². The first-order chi connectivity index (χ1) is 9.51. The third-order valence-corrected chi connectivity index (χ3v) is 3.00. The van der Waals surface area contributed by atoms with Crippen molar-refractivity contribution in [2.75, 3.05) is 5.32 Å². The lowest BCUT2D eigenvalue weighted by Crippen LogP contribution is -2.07. The first-order valence-electron chi connectivity index (χ1n) is 6.11. The number of furan rings is 1. The number of rotatable bonds is 4. The molecule has 0 radical (unpaired) electrons. The van der Waals surface area contributed by atoms with E-state index in [2.05, 4.69) is 11.4 Å². The molecule has 0 saturated carbocycles. The zero-order valence-electron chi connectivity index (χ0n) is 11.2. The maximum atomic E-state index is 10.8. The Bertz CT molecular complexity index is 683. The molecule has 0 saturated heterocycles. The average molecular weight is 270 g/mol. The molecule has 2 N–H and O–H groups in total. The first kappa shape index (κ1) is 13.7. The number of hydrogen-bond acceptors (Lipinski definition) is 4. The fourth-order valence-corrected chi connectivity index (χ4v) is 1.85. The minimum atomic E-state index is -1.09. The van der Waals surface area contributed by atoms with Gasteiger partial charge in [0, 0.05) is 5.69 Å². The molecule has 1 aromatic carbocycles. The van der Waals surface area contributed by atoms with Crippen LogP contribution in [0.15, 0.2) is 34.7 Å². The summed E-state index contributed by atoms with van der Waals surface area (Å²) in [6.07, 6.45) is 0. The molecule has 0 fully saturated rings. The predicted molar refractivity (Wildman–Crippen MR) is 73.6 cm³/mol. The number of carboxylic acids is 1. The summed E-state index contributed by atoms with van der Waals surface area (Å²) in [5.41, 5.74) is 2.39. The molecule has 0 aliphatic rings. The van der Waals surface area contributed by atoms with Gasteiger partial charge >= 0.3 is 5.97 Å². The van der Waals surface area contributed by atoms with E-state index in [-0.39, 0.29) is 11.8 Å². The Morgan fingerprint density at radius 1 is 1.40 bits per heavy atom. The molecule has 102 valence electrons. The topological polar surface area (TPSA) is 86.3 Å². The zero-order chi connectivity index (χ0) is 14.7. The van der Waals surface area contributed by atoms with E-state index in [0.717, 1.165) is 11.3 Å². The summed E-state index contributed by atoms with van der Waals surface area (Å²) in [5.74, 6) is -0.647. The maximum absolute atomic E-state index is 10.8. The fourth-order valence-electron chi connectivity index (χ4n) is 1.85. The molecule has 1 aromatic heterocycles. The van der Waals surface area contributed by atoms with Crippen molar-refractivity contribution in [3.05, 3.63) is 53.0 Å². The summed E-state index contributed by atoms with van der Waals surface area (Å²) in [5, 5.41) is 21.0. The van der Waals surface area contributed by atoms with Gasteiger partial charge in [0.05, 0.1) is 17.7 Å². The smallest absolute Gasteiger partial charge is 0.371 e. The second-order valence-electron chi connectivity index (χ2n) is 4.51. The van der Waals surface area contributed by atoms with Gasteiger partial charge in [0.25, 0.3) is 0 Å². The van der Waals surface area contributed by atoms with Gasteiger partial charge in [0.2, 0.25) is 5.76 Å². The van der Waals surface area contributed by atoms with E-state index >= 15 is 0 Å². The number of anilines is 1. The lowest BCUT2D eigenvalue weighted by molar-refractivity contribution is 0.0660. The van der Waals surface area contributed by atoms with Crippen LogP contribution < -0.4 is 5.32 Å². The lowest BCUT2D eigenvalue weighted by Gasteiger charge is -2.15. The van der Waals surface area contributed by atoms with E-state index in [4.69, 9.17) is 14.8 Å². The summed E-state index contributed by atoms with van der Waals surface area (Å²) >= 11 is 0. The monoisotopic (exact) mass is 270 g/mol. The van der Waals surface area contributed by atoms with E-state index < -0.39 is 5.97 Å². The standard InChI is InChI=1S/C15H14N2O3/c1-9-3-4-11(8-16)7-12(9)17-10(2)13-5-6-14(20-13)15(18)19/h3-7,10,17H,1-2H3,(H,18,19). The molecule has 5 heteroatoms. The molecule has 2 aromatic rings. The van der Waals surface area contributed by atoms with Crippen LogP contribution in [-0.2, 0) is 0 Å². The van der Waals surface area contributed by atoms with Gasteiger partial charge in [-0.2, -0.15) is 5.26 Å². The first-order valence-corrected chi connectivity index (χ1v) is 6.11. The molecule has 1 unspecified atom stereocenters. The number of carbonyl (C=O) groups is 1. The van der Waals surface area contributed by atoms with Crippen LogP contribution in [0.25, 0.3) is 0 Å². The summed E-state index contributed by atoms with van der Waals surface area (Å²) in [4.78, 5) is 10.8. The number of carboxylic acid groups (broad SMARTS) is 1. The summed E-state index contributed by atoms with van der Waals surface area (Å²) in [6, 6.07) is 10.3. The summed E-state index contributed by atoms with van der Waals surface area (Å²) in [6.45, 7) is 3.80. The normalized spacial score (nSPS) is 11.7. The number of nitrogens with zero attached hydrogens (tertiary/aromatic N) is 1. The molecule has 2 rings (SSSR count). The highest BCUT2D eigenvalue weighted by Crippen LogP contribution is 2.24. The molecule has 0 aliphatic carbocycles. The van der Waals surface area contributed by atoms with Gasteiger partial charge in [0.15, 0.2) is 0 Å². The van der Waals surface area contributed by atoms with Crippen LogP contribution in [0.3, 0.4) is 0 Å². The van der Waals surface area contributed by atoms with Crippen LogP contribution in [0.4, 0.5) is 5.69 Å². The van der Waals surface area contributed by atoms with Crippen LogP contribution in [-0.4, -0.2) is 11.1 Å². The molecule has 0 amide bonds. The van der Waals surface area contributed by atoms with Gasteiger partial charge in [-0.1, -0.05) is 6.07 Å². The van der Waals surface area contributed by atoms with Gasteiger partial charge in [-0.25, -0.2) is 4.79 Å². The minimum Gasteiger partial charge on any atom is -0.475 e. The van der Waals surface area contributed by atoms with Crippen molar-refractivity contribution in [3.63, 3.8) is 0 Å². The third kappa shape index (κ3) is 2.81. The Labute approximate surface area is 116 Å². The van der Waals surface area contributed by atoms with Crippen LogP contribution in [0.1, 0.15) is 40.4 Å². The summed E-state index contributed by atoms with van der Waals surface area (Å²) < 4.78 is 5.25. The number of nitriles is 1. The van der Waals surface area contributed by atoms with E-state index in [1.165, 1.54) is 6.07 Å². The maximum Gasteiger partial charge on any atom is 0.371 e. The second-order valence-corrected chi connectivity index (χ2v) is 4.51.